The van der Waals surface area contributed by atoms with Gasteiger partial charge in [-0.25, -0.2) is 4.98 Å². The maximum atomic E-state index is 13.6. The molecule has 4 fully saturated rings. The van der Waals surface area contributed by atoms with Gasteiger partial charge in [-0.3, -0.25) is 28.7 Å². The maximum absolute atomic E-state index is 13.6. The van der Waals surface area contributed by atoms with Crippen molar-refractivity contribution in [3.63, 3.8) is 0 Å². The predicted molar refractivity (Wildman–Crippen MR) is 213 cm³/mol. The summed E-state index contributed by atoms with van der Waals surface area (Å²) in [5, 5.41) is 3.74. The number of carbonyl (C=O) groups excluding carboxylic acids is 4. The molecule has 2 aromatic carbocycles. The Bertz CT molecular complexity index is 2530. The van der Waals surface area contributed by atoms with Crippen LogP contribution >= 0.6 is 0 Å². The van der Waals surface area contributed by atoms with Gasteiger partial charge in [0.1, 0.15) is 11.4 Å². The summed E-state index contributed by atoms with van der Waals surface area (Å²) in [5.74, 6) is 0.859. The van der Waals surface area contributed by atoms with Gasteiger partial charge >= 0.3 is 0 Å². The average Bonchev–Trinajstić information content (AvgIpc) is 3.90. The first-order valence-corrected chi connectivity index (χ1v) is 19.0. The van der Waals surface area contributed by atoms with Crippen molar-refractivity contribution < 1.29 is 23.9 Å². The van der Waals surface area contributed by atoms with Crippen molar-refractivity contribution in [2.24, 2.45) is 24.5 Å². The highest BCUT2D eigenvalue weighted by molar-refractivity contribution is 6.04. The highest BCUT2D eigenvalue weighted by Crippen LogP contribution is 2.75. The van der Waals surface area contributed by atoms with Crippen molar-refractivity contribution in [2.45, 2.75) is 63.3 Å². The van der Waals surface area contributed by atoms with Crippen LogP contribution in [0.4, 0.5) is 17.2 Å². The zero-order valence-electron chi connectivity index (χ0n) is 31.8. The third kappa shape index (κ3) is 5.92. The van der Waals surface area contributed by atoms with Gasteiger partial charge in [-0.2, -0.15) is 0 Å². The molecule has 1 saturated heterocycles. The molecule has 1 atom stereocenters. The van der Waals surface area contributed by atoms with E-state index in [1.54, 1.807) is 45.6 Å². The molecule has 2 bridgehead atoms. The monoisotopic (exact) mass is 752 g/mol. The standard InChI is InChI=1S/C43H44N8O5/c1-25-12-30-18-45-32-16-36(26(2)13-31(32)40(54)51(30)19-25)56-11-5-6-38(53)46-37-21-49(4)39(47-37)35(52)17-42-22-43(23-42,24-42)28-15-34(48(3)20-28)41(55)50-10-9-27-14-29(44)7-8-33(27)50/h7-10,13-16,18,20-21,30H,1,5-6,11-12,17,19,22-24,44H2,2-4H3,(H,46,53)/t30-,42?,43?/m0/s1. The lowest BCUT2D eigenvalue weighted by atomic mass is 9.32. The van der Waals surface area contributed by atoms with Gasteiger partial charge in [0.15, 0.2) is 17.4 Å². The minimum Gasteiger partial charge on any atom is -0.493 e. The smallest absolute Gasteiger partial charge is 0.278 e. The molecule has 5 heterocycles. The first-order valence-electron chi connectivity index (χ1n) is 19.0. The molecular weight excluding hydrogens is 709 g/mol. The molecule has 3 aromatic heterocycles. The summed E-state index contributed by atoms with van der Waals surface area (Å²) < 4.78 is 11.2. The summed E-state index contributed by atoms with van der Waals surface area (Å²) in [6, 6.07) is 13.0. The van der Waals surface area contributed by atoms with Crippen molar-refractivity contribution in [3.8, 4) is 5.75 Å². The number of benzene rings is 2. The second-order valence-electron chi connectivity index (χ2n) is 16.4. The number of imidazole rings is 1. The Morgan fingerprint density at radius 1 is 1.05 bits per heavy atom. The Morgan fingerprint density at radius 2 is 1.86 bits per heavy atom. The van der Waals surface area contributed by atoms with Crippen LogP contribution in [0.3, 0.4) is 0 Å². The molecule has 2 aliphatic heterocycles. The van der Waals surface area contributed by atoms with Crippen LogP contribution in [-0.2, 0) is 24.3 Å². The van der Waals surface area contributed by atoms with Crippen molar-refractivity contribution in [1.29, 1.82) is 0 Å². The summed E-state index contributed by atoms with van der Waals surface area (Å²) in [6.07, 6.45) is 11.7. The van der Waals surface area contributed by atoms with Crippen LogP contribution in [0.1, 0.15) is 87.5 Å². The molecule has 286 valence electrons. The van der Waals surface area contributed by atoms with Gasteiger partial charge in [0, 0.05) is 75.4 Å². The van der Waals surface area contributed by atoms with E-state index in [1.165, 1.54) is 0 Å². The number of ketones is 1. The maximum Gasteiger partial charge on any atom is 0.278 e. The van der Waals surface area contributed by atoms with Crippen molar-refractivity contribution in [3.05, 3.63) is 101 Å². The minimum atomic E-state index is -0.224. The van der Waals surface area contributed by atoms with Crippen LogP contribution in [0.25, 0.3) is 10.9 Å². The minimum absolute atomic E-state index is 0.0208. The number of aryl methyl sites for hydroxylation is 3. The largest absolute Gasteiger partial charge is 0.493 e. The van der Waals surface area contributed by atoms with E-state index in [2.05, 4.69) is 28.1 Å². The van der Waals surface area contributed by atoms with Gasteiger partial charge in [0.25, 0.3) is 11.8 Å². The Kier molecular flexibility index (Phi) is 8.19. The lowest BCUT2D eigenvalue weighted by Gasteiger charge is -2.71. The molecular formula is C43H44N8O5. The van der Waals surface area contributed by atoms with Crippen LogP contribution in [-0.4, -0.2) is 72.5 Å². The number of hydrogen-bond donors (Lipinski definition) is 2. The van der Waals surface area contributed by atoms with Gasteiger partial charge in [0.2, 0.25) is 5.91 Å². The number of aromatic nitrogens is 4. The zero-order chi connectivity index (χ0) is 39.1. The summed E-state index contributed by atoms with van der Waals surface area (Å²) in [4.78, 5) is 64.0. The molecule has 13 heteroatoms. The average molecular weight is 753 g/mol. The zero-order valence-corrected chi connectivity index (χ0v) is 31.8. The van der Waals surface area contributed by atoms with Crippen LogP contribution in [0.5, 0.6) is 5.75 Å². The molecule has 0 radical (unpaired) electrons. The predicted octanol–water partition coefficient (Wildman–Crippen LogP) is 6.27. The molecule has 3 N–H and O–H groups in total. The molecule has 3 aliphatic carbocycles. The topological polar surface area (TPSA) is 159 Å². The SMILES string of the molecule is C=C1C[C@H]2C=Nc3cc(OCCCC(=O)Nc4cn(C)c(C(=O)CC56CC(c7cc(C(=O)n8ccc9cc(N)ccc98)n(C)c7)(C5)C6)n4)c(C)cc3C(=O)N2C1. The fourth-order valence-electron chi connectivity index (χ4n) is 9.46. The number of nitrogens with two attached hydrogens (primary N) is 1. The van der Waals surface area contributed by atoms with E-state index in [0.29, 0.717) is 66.0 Å². The molecule has 0 unspecified atom stereocenters. The number of nitrogen functional groups attached to an aromatic ring is 1. The highest BCUT2D eigenvalue weighted by Gasteiger charge is 2.68. The van der Waals surface area contributed by atoms with Crippen LogP contribution < -0.4 is 15.8 Å². The van der Waals surface area contributed by atoms with Crippen LogP contribution in [0.15, 0.2) is 78.2 Å². The number of hydrogen-bond acceptors (Lipinski definition) is 8. The normalized spacial score (nSPS) is 22.0. The van der Waals surface area contributed by atoms with Crippen LogP contribution in [0, 0.1) is 12.3 Å². The van der Waals surface area contributed by atoms with E-state index in [-0.39, 0.29) is 46.8 Å². The van der Waals surface area contributed by atoms with E-state index >= 15 is 0 Å². The number of aliphatic imine (C=N–C) groups is 1. The van der Waals surface area contributed by atoms with Gasteiger partial charge in [-0.15, -0.1) is 0 Å². The number of anilines is 2. The molecule has 10 rings (SSSR count). The third-order valence-electron chi connectivity index (χ3n) is 12.1. The Balaban J connectivity index is 0.760. The molecule has 3 saturated carbocycles. The number of fused-ring (bicyclic) bond motifs is 3. The van der Waals surface area contributed by atoms with E-state index in [9.17, 15) is 19.2 Å². The fourth-order valence-corrected chi connectivity index (χ4v) is 9.46. The van der Waals surface area contributed by atoms with Gasteiger partial charge in [-0.05, 0) is 97.4 Å². The first-order chi connectivity index (χ1) is 26.8. The highest BCUT2D eigenvalue weighted by atomic mass is 16.5. The number of nitrogens with one attached hydrogen (secondary N) is 1. The van der Waals surface area contributed by atoms with E-state index < -0.39 is 0 Å². The van der Waals surface area contributed by atoms with E-state index in [4.69, 9.17) is 10.5 Å². The van der Waals surface area contributed by atoms with Crippen molar-refractivity contribution in [2.75, 3.05) is 24.2 Å². The Morgan fingerprint density at radius 3 is 2.66 bits per heavy atom. The Labute approximate surface area is 323 Å². The number of ether oxygens (including phenoxy) is 1. The summed E-state index contributed by atoms with van der Waals surface area (Å²) >= 11 is 0. The molecule has 2 amide bonds. The fraction of sp³-hybridized carbons (Fsp3) is 0.349. The molecule has 13 nitrogen and oxygen atoms in total. The number of rotatable bonds is 11. The number of Topliss-reactive ketones (excluding diaryl/α,β-unsaturated/α-hetero) is 1. The molecule has 5 aromatic rings. The van der Waals surface area contributed by atoms with E-state index in [0.717, 1.165) is 53.3 Å². The lowest BCUT2D eigenvalue weighted by molar-refractivity contribution is -0.138. The van der Waals surface area contributed by atoms with Crippen LogP contribution in [0.2, 0.25) is 0 Å². The molecule has 0 spiro atoms. The summed E-state index contributed by atoms with van der Waals surface area (Å²) in [5.41, 5.74) is 12.0. The second kappa shape index (κ2) is 12.9. The Hall–Kier alpha value is -6.24. The number of nitrogens with zero attached hydrogens (tertiary/aromatic N) is 6. The number of carbonyl (C=O) groups is 4. The third-order valence-corrected chi connectivity index (χ3v) is 12.1. The van der Waals surface area contributed by atoms with Gasteiger partial charge in [-0.1, -0.05) is 12.2 Å². The van der Waals surface area contributed by atoms with Gasteiger partial charge in [0.05, 0.1) is 29.4 Å². The molecule has 5 aliphatic rings. The first kappa shape index (κ1) is 35.5. The van der Waals surface area contributed by atoms with Crippen molar-refractivity contribution in [1.82, 2.24) is 23.6 Å². The van der Waals surface area contributed by atoms with Gasteiger partial charge < -0.3 is 29.8 Å². The summed E-state index contributed by atoms with van der Waals surface area (Å²) in [7, 11) is 3.66. The quantitative estimate of drug-likeness (QED) is 0.0697. The summed E-state index contributed by atoms with van der Waals surface area (Å²) in [6.45, 7) is 6.77. The lowest BCUT2D eigenvalue weighted by Crippen LogP contribution is -2.64. The number of amides is 2. The van der Waals surface area contributed by atoms with Crippen molar-refractivity contribution >= 4 is 57.8 Å². The molecule has 56 heavy (non-hydrogen) atoms. The van der Waals surface area contributed by atoms with E-state index in [1.807, 2.05) is 55.1 Å². The second-order valence-corrected chi connectivity index (χ2v) is 16.4.